The van der Waals surface area contributed by atoms with Crippen molar-refractivity contribution < 1.29 is 17.6 Å². The van der Waals surface area contributed by atoms with Gasteiger partial charge in [-0.3, -0.25) is 4.79 Å². The molecule has 0 aromatic carbocycles. The summed E-state index contributed by atoms with van der Waals surface area (Å²) in [6.45, 7) is 1.68. The molecule has 2 rings (SSSR count). The molecule has 2 unspecified atom stereocenters. The molecule has 2 N–H and O–H groups in total. The van der Waals surface area contributed by atoms with E-state index in [2.05, 4.69) is 4.98 Å². The summed E-state index contributed by atoms with van der Waals surface area (Å²) in [5.41, 5.74) is 5.24. The first-order valence-corrected chi connectivity index (χ1v) is 7.69. The SMILES string of the molecule is CC1CCC(C(N)=O)CN1S(=O)(=O)c1ncccc1F. The fourth-order valence-corrected chi connectivity index (χ4v) is 4.00. The molecule has 1 aliphatic heterocycles. The van der Waals surface area contributed by atoms with Crippen LogP contribution in [0, 0.1) is 11.7 Å². The largest absolute Gasteiger partial charge is 0.369 e. The highest BCUT2D eigenvalue weighted by Crippen LogP contribution is 2.28. The molecule has 0 saturated carbocycles. The molecule has 1 aliphatic rings. The van der Waals surface area contributed by atoms with E-state index in [9.17, 15) is 17.6 Å². The second kappa shape index (κ2) is 5.45. The van der Waals surface area contributed by atoms with Crippen molar-refractivity contribution in [2.45, 2.75) is 30.8 Å². The van der Waals surface area contributed by atoms with E-state index in [1.54, 1.807) is 6.92 Å². The Labute approximate surface area is 116 Å². The number of carbonyl (C=O) groups excluding carboxylic acids is 1. The Morgan fingerprint density at radius 2 is 2.20 bits per heavy atom. The lowest BCUT2D eigenvalue weighted by molar-refractivity contribution is -0.123. The minimum atomic E-state index is -4.07. The van der Waals surface area contributed by atoms with Gasteiger partial charge in [0.2, 0.25) is 10.9 Å². The lowest BCUT2D eigenvalue weighted by atomic mass is 9.95. The van der Waals surface area contributed by atoms with Gasteiger partial charge in [-0.1, -0.05) is 0 Å². The third-order valence-corrected chi connectivity index (χ3v) is 5.42. The standard InChI is InChI=1S/C12H16FN3O3S/c1-8-4-5-9(11(14)17)7-16(8)20(18,19)12-10(13)3-2-6-15-12/h2-3,6,8-9H,4-5,7H2,1H3,(H2,14,17). The maximum absolute atomic E-state index is 13.7. The minimum Gasteiger partial charge on any atom is -0.369 e. The predicted octanol–water partition coefficient (Wildman–Crippen LogP) is 0.495. The van der Waals surface area contributed by atoms with E-state index in [1.165, 1.54) is 12.3 Å². The molecule has 0 bridgehead atoms. The van der Waals surface area contributed by atoms with Crippen LogP contribution in [0.4, 0.5) is 4.39 Å². The number of hydrogen-bond acceptors (Lipinski definition) is 4. The average molecular weight is 301 g/mol. The van der Waals surface area contributed by atoms with Gasteiger partial charge in [-0.2, -0.15) is 4.31 Å². The highest BCUT2D eigenvalue weighted by molar-refractivity contribution is 7.89. The summed E-state index contributed by atoms with van der Waals surface area (Å²) in [6.07, 6.45) is 2.25. The summed E-state index contributed by atoms with van der Waals surface area (Å²) in [5, 5.41) is -0.614. The Morgan fingerprint density at radius 3 is 2.80 bits per heavy atom. The van der Waals surface area contributed by atoms with E-state index in [-0.39, 0.29) is 12.6 Å². The molecular formula is C12H16FN3O3S. The number of amides is 1. The maximum Gasteiger partial charge on any atom is 0.263 e. The van der Waals surface area contributed by atoms with E-state index in [0.29, 0.717) is 12.8 Å². The van der Waals surface area contributed by atoms with Crippen molar-refractivity contribution in [2.75, 3.05) is 6.54 Å². The van der Waals surface area contributed by atoms with Crippen LogP contribution in [0.5, 0.6) is 0 Å². The van der Waals surface area contributed by atoms with Gasteiger partial charge < -0.3 is 5.73 Å². The summed E-state index contributed by atoms with van der Waals surface area (Å²) in [5.74, 6) is -1.99. The molecule has 110 valence electrons. The number of primary amides is 1. The van der Waals surface area contributed by atoms with Gasteiger partial charge in [0.15, 0.2) is 5.82 Å². The normalized spacial score (nSPS) is 24.5. The van der Waals surface area contributed by atoms with Crippen molar-refractivity contribution in [1.82, 2.24) is 9.29 Å². The molecule has 1 fully saturated rings. The quantitative estimate of drug-likeness (QED) is 0.879. The number of rotatable bonds is 3. The lowest BCUT2D eigenvalue weighted by Crippen LogP contribution is -2.48. The molecule has 6 nitrogen and oxygen atoms in total. The first-order chi connectivity index (χ1) is 9.34. The van der Waals surface area contributed by atoms with Gasteiger partial charge in [-0.15, -0.1) is 0 Å². The Bertz CT molecular complexity index is 620. The number of piperidine rings is 1. The number of aromatic nitrogens is 1. The molecule has 1 amide bonds. The van der Waals surface area contributed by atoms with Gasteiger partial charge >= 0.3 is 0 Å². The van der Waals surface area contributed by atoms with Crippen molar-refractivity contribution in [2.24, 2.45) is 11.7 Å². The van der Waals surface area contributed by atoms with Crippen LogP contribution < -0.4 is 5.73 Å². The van der Waals surface area contributed by atoms with Gasteiger partial charge in [-0.25, -0.2) is 17.8 Å². The first-order valence-electron chi connectivity index (χ1n) is 6.25. The topological polar surface area (TPSA) is 93.4 Å². The van der Waals surface area contributed by atoms with Crippen molar-refractivity contribution in [3.8, 4) is 0 Å². The number of nitrogens with zero attached hydrogens (tertiary/aromatic N) is 2. The summed E-state index contributed by atoms with van der Waals surface area (Å²) in [7, 11) is -4.07. The molecule has 0 spiro atoms. The number of carbonyl (C=O) groups is 1. The molecular weight excluding hydrogens is 285 g/mol. The number of hydrogen-bond donors (Lipinski definition) is 1. The summed E-state index contributed by atoms with van der Waals surface area (Å²) in [4.78, 5) is 14.9. The fraction of sp³-hybridized carbons (Fsp3) is 0.500. The van der Waals surface area contributed by atoms with E-state index >= 15 is 0 Å². The van der Waals surface area contributed by atoms with E-state index in [0.717, 1.165) is 10.4 Å². The van der Waals surface area contributed by atoms with Gasteiger partial charge in [0.1, 0.15) is 0 Å². The van der Waals surface area contributed by atoms with Crippen molar-refractivity contribution >= 4 is 15.9 Å². The summed E-state index contributed by atoms with van der Waals surface area (Å²) < 4.78 is 39.7. The Kier molecular flexibility index (Phi) is 4.05. The Balaban J connectivity index is 2.37. The lowest BCUT2D eigenvalue weighted by Gasteiger charge is -2.35. The number of sulfonamides is 1. The molecule has 1 saturated heterocycles. The highest BCUT2D eigenvalue weighted by atomic mass is 32.2. The van der Waals surface area contributed by atoms with Crippen LogP contribution in [0.3, 0.4) is 0 Å². The van der Waals surface area contributed by atoms with Crippen molar-refractivity contribution in [1.29, 1.82) is 0 Å². The molecule has 2 heterocycles. The van der Waals surface area contributed by atoms with E-state index < -0.39 is 32.7 Å². The zero-order valence-electron chi connectivity index (χ0n) is 11.0. The van der Waals surface area contributed by atoms with E-state index in [4.69, 9.17) is 5.73 Å². The van der Waals surface area contributed by atoms with Gasteiger partial charge in [-0.05, 0) is 31.9 Å². The smallest absolute Gasteiger partial charge is 0.263 e. The molecule has 1 aromatic heterocycles. The van der Waals surface area contributed by atoms with Crippen LogP contribution in [0.1, 0.15) is 19.8 Å². The zero-order chi connectivity index (χ0) is 14.9. The fourth-order valence-electron chi connectivity index (χ4n) is 2.31. The molecule has 0 radical (unpaired) electrons. The van der Waals surface area contributed by atoms with Crippen molar-refractivity contribution in [3.05, 3.63) is 24.1 Å². The number of nitrogens with two attached hydrogens (primary N) is 1. The third-order valence-electron chi connectivity index (χ3n) is 3.51. The molecule has 8 heteroatoms. The molecule has 2 atom stereocenters. The van der Waals surface area contributed by atoms with Crippen LogP contribution in [0.15, 0.2) is 23.4 Å². The highest BCUT2D eigenvalue weighted by Gasteiger charge is 2.38. The van der Waals surface area contributed by atoms with Crippen LogP contribution in [-0.2, 0) is 14.8 Å². The van der Waals surface area contributed by atoms with Crippen molar-refractivity contribution in [3.63, 3.8) is 0 Å². The average Bonchev–Trinajstić information content (AvgIpc) is 2.39. The Morgan fingerprint density at radius 1 is 1.50 bits per heavy atom. The maximum atomic E-state index is 13.7. The number of halogens is 1. The summed E-state index contributed by atoms with van der Waals surface area (Å²) in [6, 6.07) is 2.04. The van der Waals surface area contributed by atoms with Crippen LogP contribution >= 0.6 is 0 Å². The molecule has 0 aliphatic carbocycles. The number of pyridine rings is 1. The van der Waals surface area contributed by atoms with Gasteiger partial charge in [0, 0.05) is 18.8 Å². The van der Waals surface area contributed by atoms with Gasteiger partial charge in [0.25, 0.3) is 10.0 Å². The third kappa shape index (κ3) is 2.66. The van der Waals surface area contributed by atoms with Crippen LogP contribution in [-0.4, -0.2) is 36.2 Å². The first kappa shape index (κ1) is 14.9. The predicted molar refractivity (Wildman–Crippen MR) is 69.5 cm³/mol. The Hall–Kier alpha value is -1.54. The molecule has 1 aromatic rings. The van der Waals surface area contributed by atoms with Gasteiger partial charge in [0.05, 0.1) is 5.92 Å². The second-order valence-corrected chi connectivity index (χ2v) is 6.70. The minimum absolute atomic E-state index is 0.0329. The zero-order valence-corrected chi connectivity index (χ0v) is 11.8. The van der Waals surface area contributed by atoms with Crippen LogP contribution in [0.25, 0.3) is 0 Å². The van der Waals surface area contributed by atoms with E-state index in [1.807, 2.05) is 0 Å². The molecule has 20 heavy (non-hydrogen) atoms. The monoisotopic (exact) mass is 301 g/mol. The van der Waals surface area contributed by atoms with Crippen LogP contribution in [0.2, 0.25) is 0 Å². The summed E-state index contributed by atoms with van der Waals surface area (Å²) >= 11 is 0. The second-order valence-electron chi connectivity index (χ2n) is 4.89.